The monoisotopic (exact) mass is 248 g/mol. The summed E-state index contributed by atoms with van der Waals surface area (Å²) in [5.41, 5.74) is 8.30. The number of aromatic nitrogens is 3. The van der Waals surface area contributed by atoms with Crippen LogP contribution in [0.25, 0.3) is 0 Å². The molecule has 100 valence electrons. The molecule has 2 aliphatic carbocycles. The molecule has 4 heteroatoms. The second-order valence-corrected chi connectivity index (χ2v) is 5.82. The van der Waals surface area contributed by atoms with Crippen LogP contribution < -0.4 is 5.73 Å². The van der Waals surface area contributed by atoms with Gasteiger partial charge in [0.05, 0.1) is 17.4 Å². The first-order chi connectivity index (χ1) is 8.90. The summed E-state index contributed by atoms with van der Waals surface area (Å²) >= 11 is 0. The number of hydrogen-bond acceptors (Lipinski definition) is 3. The molecule has 0 saturated heterocycles. The maximum absolute atomic E-state index is 5.70. The van der Waals surface area contributed by atoms with Crippen molar-refractivity contribution in [1.82, 2.24) is 15.0 Å². The van der Waals surface area contributed by atoms with Gasteiger partial charge in [-0.05, 0) is 32.2 Å². The van der Waals surface area contributed by atoms with Crippen molar-refractivity contribution in [3.63, 3.8) is 0 Å². The van der Waals surface area contributed by atoms with E-state index in [1.807, 2.05) is 0 Å². The second-order valence-electron chi connectivity index (χ2n) is 5.82. The standard InChI is InChI=1S/C14H24N4/c15-10-9-13-14(11-5-4-6-11)18(17-16-13)12-7-2-1-3-8-12/h11-12H,1-10,15H2. The van der Waals surface area contributed by atoms with Crippen LogP contribution in [0.5, 0.6) is 0 Å². The van der Waals surface area contributed by atoms with Crippen LogP contribution in [-0.4, -0.2) is 21.5 Å². The summed E-state index contributed by atoms with van der Waals surface area (Å²) in [4.78, 5) is 0. The Morgan fingerprint density at radius 3 is 2.44 bits per heavy atom. The number of rotatable bonds is 4. The zero-order valence-electron chi connectivity index (χ0n) is 11.1. The lowest BCUT2D eigenvalue weighted by atomic mass is 9.81. The van der Waals surface area contributed by atoms with Crippen LogP contribution in [0, 0.1) is 0 Å². The average molecular weight is 248 g/mol. The molecule has 2 N–H and O–H groups in total. The average Bonchev–Trinajstić information content (AvgIpc) is 2.73. The first-order valence-electron chi connectivity index (χ1n) is 7.54. The molecular formula is C14H24N4. The van der Waals surface area contributed by atoms with E-state index in [2.05, 4.69) is 15.0 Å². The van der Waals surface area contributed by atoms with Gasteiger partial charge in [-0.25, -0.2) is 4.68 Å². The molecule has 0 aliphatic heterocycles. The summed E-state index contributed by atoms with van der Waals surface area (Å²) in [5.74, 6) is 0.712. The normalized spacial score (nSPS) is 22.1. The van der Waals surface area contributed by atoms with Crippen molar-refractivity contribution in [2.45, 2.75) is 69.7 Å². The molecule has 1 aromatic rings. The molecule has 0 atom stereocenters. The van der Waals surface area contributed by atoms with Crippen LogP contribution in [-0.2, 0) is 6.42 Å². The highest BCUT2D eigenvalue weighted by atomic mass is 15.4. The van der Waals surface area contributed by atoms with E-state index in [4.69, 9.17) is 5.73 Å². The lowest BCUT2D eigenvalue weighted by Crippen LogP contribution is -2.22. The van der Waals surface area contributed by atoms with Gasteiger partial charge in [-0.15, -0.1) is 5.10 Å². The van der Waals surface area contributed by atoms with Crippen LogP contribution in [0.4, 0.5) is 0 Å². The van der Waals surface area contributed by atoms with E-state index in [9.17, 15) is 0 Å². The van der Waals surface area contributed by atoms with Crippen molar-refractivity contribution < 1.29 is 0 Å². The Bertz CT molecular complexity index is 388. The van der Waals surface area contributed by atoms with E-state index in [1.54, 1.807) is 0 Å². The number of nitrogens with zero attached hydrogens (tertiary/aromatic N) is 3. The summed E-state index contributed by atoms with van der Waals surface area (Å²) in [6.07, 6.45) is 11.5. The van der Waals surface area contributed by atoms with Crippen LogP contribution in [0.2, 0.25) is 0 Å². The minimum absolute atomic E-state index is 0.605. The fourth-order valence-electron chi connectivity index (χ4n) is 3.35. The molecule has 3 rings (SSSR count). The maximum atomic E-state index is 5.70. The van der Waals surface area contributed by atoms with Gasteiger partial charge in [-0.2, -0.15) is 0 Å². The largest absolute Gasteiger partial charge is 0.330 e. The van der Waals surface area contributed by atoms with Gasteiger partial charge in [0, 0.05) is 12.3 Å². The summed E-state index contributed by atoms with van der Waals surface area (Å²) in [5, 5.41) is 8.89. The highest BCUT2D eigenvalue weighted by molar-refractivity contribution is 5.19. The number of nitrogens with two attached hydrogens (primary N) is 1. The van der Waals surface area contributed by atoms with Gasteiger partial charge in [0.2, 0.25) is 0 Å². The Morgan fingerprint density at radius 2 is 1.83 bits per heavy atom. The van der Waals surface area contributed by atoms with E-state index in [-0.39, 0.29) is 0 Å². The van der Waals surface area contributed by atoms with Gasteiger partial charge < -0.3 is 5.73 Å². The van der Waals surface area contributed by atoms with Gasteiger partial charge in [-0.1, -0.05) is 30.9 Å². The van der Waals surface area contributed by atoms with Crippen molar-refractivity contribution >= 4 is 0 Å². The predicted octanol–water partition coefficient (Wildman–Crippen LogP) is 2.55. The summed E-state index contributed by atoms with van der Waals surface area (Å²) < 4.78 is 2.27. The van der Waals surface area contributed by atoms with Crippen LogP contribution in [0.15, 0.2) is 0 Å². The molecule has 2 aliphatic rings. The Morgan fingerprint density at radius 1 is 1.06 bits per heavy atom. The summed E-state index contributed by atoms with van der Waals surface area (Å²) in [6, 6.07) is 0.605. The third kappa shape index (κ3) is 2.18. The molecular weight excluding hydrogens is 224 g/mol. The zero-order valence-corrected chi connectivity index (χ0v) is 11.1. The predicted molar refractivity (Wildman–Crippen MR) is 71.5 cm³/mol. The second kappa shape index (κ2) is 5.39. The lowest BCUT2D eigenvalue weighted by molar-refractivity contribution is 0.296. The van der Waals surface area contributed by atoms with Crippen molar-refractivity contribution in [3.8, 4) is 0 Å². The molecule has 0 aromatic carbocycles. The molecule has 0 unspecified atom stereocenters. The SMILES string of the molecule is NCCc1nnn(C2CCCCC2)c1C1CCC1. The third-order valence-electron chi connectivity index (χ3n) is 4.60. The molecule has 18 heavy (non-hydrogen) atoms. The van der Waals surface area contributed by atoms with Crippen LogP contribution >= 0.6 is 0 Å². The van der Waals surface area contributed by atoms with Crippen molar-refractivity contribution in [2.75, 3.05) is 6.54 Å². The first-order valence-corrected chi connectivity index (χ1v) is 7.54. The van der Waals surface area contributed by atoms with Gasteiger partial charge in [0.25, 0.3) is 0 Å². The quantitative estimate of drug-likeness (QED) is 0.891. The van der Waals surface area contributed by atoms with Gasteiger partial charge in [0.15, 0.2) is 0 Å². The fraction of sp³-hybridized carbons (Fsp3) is 0.857. The minimum Gasteiger partial charge on any atom is -0.330 e. The zero-order chi connectivity index (χ0) is 12.4. The van der Waals surface area contributed by atoms with Crippen molar-refractivity contribution in [2.24, 2.45) is 5.73 Å². The molecule has 2 fully saturated rings. The highest BCUT2D eigenvalue weighted by Gasteiger charge is 2.30. The molecule has 0 bridgehead atoms. The molecule has 0 spiro atoms. The van der Waals surface area contributed by atoms with E-state index in [0.717, 1.165) is 6.42 Å². The fourth-order valence-corrected chi connectivity index (χ4v) is 3.35. The Hall–Kier alpha value is -0.900. The Labute approximate surface area is 109 Å². The third-order valence-corrected chi connectivity index (χ3v) is 4.60. The van der Waals surface area contributed by atoms with Crippen molar-refractivity contribution in [3.05, 3.63) is 11.4 Å². The van der Waals surface area contributed by atoms with Gasteiger partial charge in [-0.3, -0.25) is 0 Å². The molecule has 2 saturated carbocycles. The van der Waals surface area contributed by atoms with Crippen molar-refractivity contribution in [1.29, 1.82) is 0 Å². The molecule has 4 nitrogen and oxygen atoms in total. The minimum atomic E-state index is 0.605. The molecule has 0 amide bonds. The van der Waals surface area contributed by atoms with Gasteiger partial charge in [0.1, 0.15) is 0 Å². The van der Waals surface area contributed by atoms with E-state index in [0.29, 0.717) is 18.5 Å². The molecule has 0 radical (unpaired) electrons. The lowest BCUT2D eigenvalue weighted by Gasteiger charge is -2.30. The smallest absolute Gasteiger partial charge is 0.0874 e. The van der Waals surface area contributed by atoms with Gasteiger partial charge >= 0.3 is 0 Å². The first kappa shape index (κ1) is 12.2. The Balaban J connectivity index is 1.87. The van der Waals surface area contributed by atoms with E-state index >= 15 is 0 Å². The van der Waals surface area contributed by atoms with Crippen LogP contribution in [0.3, 0.4) is 0 Å². The topological polar surface area (TPSA) is 56.7 Å². The van der Waals surface area contributed by atoms with E-state index < -0.39 is 0 Å². The highest BCUT2D eigenvalue weighted by Crippen LogP contribution is 2.40. The summed E-state index contributed by atoms with van der Waals surface area (Å²) in [6.45, 7) is 0.684. The maximum Gasteiger partial charge on any atom is 0.0874 e. The molecule has 1 heterocycles. The summed E-state index contributed by atoms with van der Waals surface area (Å²) in [7, 11) is 0. The van der Waals surface area contributed by atoms with E-state index in [1.165, 1.54) is 62.8 Å². The Kier molecular flexibility index (Phi) is 3.64. The number of hydrogen-bond donors (Lipinski definition) is 1. The molecule has 1 aromatic heterocycles. The van der Waals surface area contributed by atoms with Crippen LogP contribution in [0.1, 0.15) is 74.7 Å².